The fourth-order valence-electron chi connectivity index (χ4n) is 2.96. The van der Waals surface area contributed by atoms with Crippen molar-refractivity contribution in [2.75, 3.05) is 5.32 Å². The molecule has 0 aliphatic carbocycles. The van der Waals surface area contributed by atoms with Crippen LogP contribution in [0.3, 0.4) is 0 Å². The van der Waals surface area contributed by atoms with E-state index in [0.29, 0.717) is 11.3 Å². The summed E-state index contributed by atoms with van der Waals surface area (Å²) in [5, 5.41) is 2.93. The van der Waals surface area contributed by atoms with Gasteiger partial charge in [0.1, 0.15) is 16.9 Å². The molecule has 0 unspecified atom stereocenters. The SMILES string of the molecule is O=C(Nc1cccc(-c2nc3ccccc3[nH]2)c1)c1ccc2nsnc2c1. The molecule has 1 amide bonds. The number of rotatable bonds is 3. The van der Waals surface area contributed by atoms with Crippen LogP contribution in [-0.4, -0.2) is 24.6 Å². The van der Waals surface area contributed by atoms with Gasteiger partial charge in [-0.05, 0) is 42.5 Å². The third-order valence-corrected chi connectivity index (χ3v) is 4.86. The summed E-state index contributed by atoms with van der Waals surface area (Å²) in [6.07, 6.45) is 0. The normalized spacial score (nSPS) is 11.1. The Hall–Kier alpha value is -3.58. The number of anilines is 1. The Morgan fingerprint density at radius 3 is 2.70 bits per heavy atom. The third kappa shape index (κ3) is 2.94. The zero-order chi connectivity index (χ0) is 18.2. The highest BCUT2D eigenvalue weighted by Crippen LogP contribution is 2.23. The molecule has 2 aromatic heterocycles. The van der Waals surface area contributed by atoms with Gasteiger partial charge in [-0.2, -0.15) is 8.75 Å². The molecule has 3 aromatic carbocycles. The molecule has 0 radical (unpaired) electrons. The molecule has 5 aromatic rings. The standard InChI is InChI=1S/C20H13N5OS/c26-20(13-8-9-17-18(11-13)25-27-24-17)21-14-5-3-4-12(10-14)19-22-15-6-1-2-7-16(15)23-19/h1-11H,(H,21,26)(H,22,23). The van der Waals surface area contributed by atoms with E-state index >= 15 is 0 Å². The van der Waals surface area contributed by atoms with Crippen molar-refractivity contribution >= 4 is 45.4 Å². The molecule has 0 bridgehead atoms. The fraction of sp³-hybridized carbons (Fsp3) is 0. The number of carbonyl (C=O) groups excluding carboxylic acids is 1. The topological polar surface area (TPSA) is 83.6 Å². The highest BCUT2D eigenvalue weighted by molar-refractivity contribution is 7.00. The first-order chi connectivity index (χ1) is 13.3. The first kappa shape index (κ1) is 15.7. The van der Waals surface area contributed by atoms with Crippen LogP contribution in [0.2, 0.25) is 0 Å². The number of carbonyl (C=O) groups is 1. The van der Waals surface area contributed by atoms with Gasteiger partial charge in [0.05, 0.1) is 22.8 Å². The predicted octanol–water partition coefficient (Wildman–Crippen LogP) is 4.49. The van der Waals surface area contributed by atoms with Crippen molar-refractivity contribution in [2.45, 2.75) is 0 Å². The molecule has 0 aliphatic rings. The van der Waals surface area contributed by atoms with Gasteiger partial charge in [0.15, 0.2) is 0 Å². The average Bonchev–Trinajstić information content (AvgIpc) is 3.34. The summed E-state index contributed by atoms with van der Waals surface area (Å²) < 4.78 is 8.34. The molecule has 5 rings (SSSR count). The zero-order valence-corrected chi connectivity index (χ0v) is 14.8. The number of hydrogen-bond donors (Lipinski definition) is 2. The highest BCUT2D eigenvalue weighted by atomic mass is 32.1. The number of para-hydroxylation sites is 2. The summed E-state index contributed by atoms with van der Waals surface area (Å²) in [5.74, 6) is 0.578. The van der Waals surface area contributed by atoms with Gasteiger partial charge in [-0.3, -0.25) is 4.79 Å². The van der Waals surface area contributed by atoms with E-state index in [9.17, 15) is 4.79 Å². The number of aromatic amines is 1. The lowest BCUT2D eigenvalue weighted by Gasteiger charge is -2.06. The van der Waals surface area contributed by atoms with Crippen LogP contribution < -0.4 is 5.32 Å². The molecule has 0 fully saturated rings. The molecule has 0 saturated carbocycles. The van der Waals surface area contributed by atoms with E-state index in [-0.39, 0.29) is 5.91 Å². The van der Waals surface area contributed by atoms with Gasteiger partial charge in [-0.15, -0.1) is 0 Å². The van der Waals surface area contributed by atoms with Gasteiger partial charge in [-0.1, -0.05) is 24.3 Å². The Morgan fingerprint density at radius 2 is 1.78 bits per heavy atom. The zero-order valence-electron chi connectivity index (χ0n) is 14.0. The number of H-pyrrole nitrogens is 1. The molecule has 0 atom stereocenters. The summed E-state index contributed by atoms with van der Waals surface area (Å²) in [6, 6.07) is 20.8. The molecule has 2 N–H and O–H groups in total. The summed E-state index contributed by atoms with van der Waals surface area (Å²) >= 11 is 1.14. The molecule has 27 heavy (non-hydrogen) atoms. The van der Waals surface area contributed by atoms with E-state index in [1.54, 1.807) is 18.2 Å². The van der Waals surface area contributed by atoms with Gasteiger partial charge in [0.2, 0.25) is 0 Å². The summed E-state index contributed by atoms with van der Waals surface area (Å²) in [6.45, 7) is 0. The third-order valence-electron chi connectivity index (χ3n) is 4.30. The first-order valence-corrected chi connectivity index (χ1v) is 9.08. The largest absolute Gasteiger partial charge is 0.338 e. The average molecular weight is 371 g/mol. The number of nitrogens with zero attached hydrogens (tertiary/aromatic N) is 3. The van der Waals surface area contributed by atoms with Crippen LogP contribution in [0.25, 0.3) is 33.5 Å². The van der Waals surface area contributed by atoms with Crippen molar-refractivity contribution in [3.05, 3.63) is 72.3 Å². The Kier molecular flexibility index (Phi) is 3.65. The van der Waals surface area contributed by atoms with Crippen molar-refractivity contribution in [2.24, 2.45) is 0 Å². The van der Waals surface area contributed by atoms with Gasteiger partial charge in [0, 0.05) is 16.8 Å². The van der Waals surface area contributed by atoms with E-state index in [0.717, 1.165) is 45.2 Å². The molecule has 2 heterocycles. The van der Waals surface area contributed by atoms with E-state index in [1.165, 1.54) is 0 Å². The second-order valence-electron chi connectivity index (χ2n) is 6.11. The van der Waals surface area contributed by atoms with Crippen molar-refractivity contribution in [1.82, 2.24) is 18.7 Å². The molecular formula is C20H13N5OS. The number of fused-ring (bicyclic) bond motifs is 2. The number of amides is 1. The van der Waals surface area contributed by atoms with Crippen molar-refractivity contribution in [1.29, 1.82) is 0 Å². The molecular weight excluding hydrogens is 358 g/mol. The van der Waals surface area contributed by atoms with E-state index in [2.05, 4.69) is 24.0 Å². The van der Waals surface area contributed by atoms with Crippen LogP contribution in [0.5, 0.6) is 0 Å². The van der Waals surface area contributed by atoms with Crippen molar-refractivity contribution in [3.63, 3.8) is 0 Å². The molecule has 0 spiro atoms. The van der Waals surface area contributed by atoms with Gasteiger partial charge >= 0.3 is 0 Å². The van der Waals surface area contributed by atoms with Crippen LogP contribution in [0.1, 0.15) is 10.4 Å². The molecule has 7 heteroatoms. The maximum Gasteiger partial charge on any atom is 0.255 e. The van der Waals surface area contributed by atoms with E-state index in [1.807, 2.05) is 48.5 Å². The lowest BCUT2D eigenvalue weighted by atomic mass is 10.1. The predicted molar refractivity (Wildman–Crippen MR) is 107 cm³/mol. The Bertz CT molecular complexity index is 1260. The fourth-order valence-corrected chi connectivity index (χ4v) is 3.48. The molecule has 6 nitrogen and oxygen atoms in total. The number of nitrogens with one attached hydrogen (secondary N) is 2. The van der Waals surface area contributed by atoms with E-state index < -0.39 is 0 Å². The first-order valence-electron chi connectivity index (χ1n) is 8.35. The number of imidazole rings is 1. The van der Waals surface area contributed by atoms with Gasteiger partial charge < -0.3 is 10.3 Å². The number of hydrogen-bond acceptors (Lipinski definition) is 5. The van der Waals surface area contributed by atoms with Crippen LogP contribution in [0.15, 0.2) is 66.7 Å². The minimum atomic E-state index is -0.188. The number of aromatic nitrogens is 4. The maximum absolute atomic E-state index is 12.6. The van der Waals surface area contributed by atoms with Crippen molar-refractivity contribution in [3.8, 4) is 11.4 Å². The monoisotopic (exact) mass is 371 g/mol. The second-order valence-corrected chi connectivity index (χ2v) is 6.63. The Labute approximate surface area is 158 Å². The minimum Gasteiger partial charge on any atom is -0.338 e. The van der Waals surface area contributed by atoms with Gasteiger partial charge in [-0.25, -0.2) is 4.98 Å². The minimum absolute atomic E-state index is 0.188. The van der Waals surface area contributed by atoms with Crippen LogP contribution in [0, 0.1) is 0 Å². The van der Waals surface area contributed by atoms with Crippen LogP contribution >= 0.6 is 11.7 Å². The smallest absolute Gasteiger partial charge is 0.255 e. The Balaban J connectivity index is 1.43. The lowest BCUT2D eigenvalue weighted by molar-refractivity contribution is 0.102. The van der Waals surface area contributed by atoms with Crippen LogP contribution in [-0.2, 0) is 0 Å². The quantitative estimate of drug-likeness (QED) is 0.489. The second kappa shape index (κ2) is 6.30. The number of benzene rings is 3. The van der Waals surface area contributed by atoms with E-state index in [4.69, 9.17) is 0 Å². The highest BCUT2D eigenvalue weighted by Gasteiger charge is 2.10. The molecule has 130 valence electrons. The van der Waals surface area contributed by atoms with Crippen molar-refractivity contribution < 1.29 is 4.79 Å². The molecule has 0 saturated heterocycles. The molecule has 0 aliphatic heterocycles. The lowest BCUT2D eigenvalue weighted by Crippen LogP contribution is -2.11. The summed E-state index contributed by atoms with van der Waals surface area (Å²) in [4.78, 5) is 20.5. The summed E-state index contributed by atoms with van der Waals surface area (Å²) in [7, 11) is 0. The van der Waals surface area contributed by atoms with Crippen LogP contribution in [0.4, 0.5) is 5.69 Å². The Morgan fingerprint density at radius 1 is 0.889 bits per heavy atom. The summed E-state index contributed by atoms with van der Waals surface area (Å²) in [5.41, 5.74) is 5.56. The van der Waals surface area contributed by atoms with Gasteiger partial charge in [0.25, 0.3) is 5.91 Å². The maximum atomic E-state index is 12.6.